The number of hydrogen-bond acceptors (Lipinski definition) is 7. The molecule has 0 saturated carbocycles. The molecule has 0 aliphatic carbocycles. The second-order valence-corrected chi connectivity index (χ2v) is 9.90. The van der Waals surface area contributed by atoms with Gasteiger partial charge >= 0.3 is 0 Å². The minimum absolute atomic E-state index is 0.0918. The summed E-state index contributed by atoms with van der Waals surface area (Å²) in [6.45, 7) is 0.819. The zero-order valence-electron chi connectivity index (χ0n) is 23.7. The van der Waals surface area contributed by atoms with E-state index in [0.717, 1.165) is 11.1 Å². The van der Waals surface area contributed by atoms with E-state index in [1.54, 1.807) is 67.8 Å². The maximum atomic E-state index is 13.7. The number of hydrogen-bond donors (Lipinski definition) is 0. The molecule has 5 aromatic rings. The second-order valence-electron chi connectivity index (χ2n) is 9.90. The summed E-state index contributed by atoms with van der Waals surface area (Å²) in [5.41, 5.74) is 2.87. The first-order valence-electron chi connectivity index (χ1n) is 13.8. The van der Waals surface area contributed by atoms with Crippen LogP contribution in [0.4, 0.5) is 4.39 Å². The topological polar surface area (TPSA) is 87.0 Å². The number of nitriles is 1. The van der Waals surface area contributed by atoms with Gasteiger partial charge in [0.2, 0.25) is 5.79 Å². The van der Waals surface area contributed by atoms with Gasteiger partial charge in [-0.3, -0.25) is 4.79 Å². The van der Waals surface area contributed by atoms with Gasteiger partial charge in [0.15, 0.2) is 5.78 Å². The van der Waals surface area contributed by atoms with Crippen LogP contribution in [0.2, 0.25) is 0 Å². The molecule has 7 nitrogen and oxygen atoms in total. The van der Waals surface area contributed by atoms with Crippen LogP contribution in [0.5, 0.6) is 28.7 Å². The molecule has 0 atom stereocenters. The third-order valence-corrected chi connectivity index (χ3v) is 7.16. The van der Waals surface area contributed by atoms with Gasteiger partial charge in [0, 0.05) is 28.3 Å². The molecule has 1 saturated heterocycles. The van der Waals surface area contributed by atoms with Crippen molar-refractivity contribution in [2.24, 2.45) is 0 Å². The van der Waals surface area contributed by atoms with Gasteiger partial charge in [-0.25, -0.2) is 4.39 Å². The van der Waals surface area contributed by atoms with Crippen molar-refractivity contribution in [2.75, 3.05) is 20.3 Å². The van der Waals surface area contributed by atoms with Crippen molar-refractivity contribution >= 4 is 5.78 Å². The third kappa shape index (κ3) is 5.88. The quantitative estimate of drug-likeness (QED) is 0.163. The lowest BCUT2D eigenvalue weighted by molar-refractivity contribution is -0.129. The van der Waals surface area contributed by atoms with Crippen LogP contribution in [0.15, 0.2) is 115 Å². The molecule has 6 rings (SSSR count). The van der Waals surface area contributed by atoms with E-state index in [2.05, 4.69) is 0 Å². The van der Waals surface area contributed by atoms with Gasteiger partial charge in [-0.15, -0.1) is 0 Å². The van der Waals surface area contributed by atoms with Crippen molar-refractivity contribution in [1.82, 2.24) is 0 Å². The molecule has 5 aromatic carbocycles. The monoisotopic (exact) mass is 587 g/mol. The van der Waals surface area contributed by atoms with Gasteiger partial charge in [-0.2, -0.15) is 5.26 Å². The van der Waals surface area contributed by atoms with Gasteiger partial charge in [-0.1, -0.05) is 0 Å². The lowest BCUT2D eigenvalue weighted by Gasteiger charge is -2.28. The lowest BCUT2D eigenvalue weighted by Crippen LogP contribution is -2.28. The van der Waals surface area contributed by atoms with Crippen molar-refractivity contribution < 1.29 is 32.9 Å². The molecular formula is C36H26FNO6. The SMILES string of the molecule is COc1ccc(C(=O)c2ccc(Oc3ccc(C4(c5ccc(Oc6cc(F)ccc6C#N)cc5)OCCO4)cc3)cc2)cc1. The smallest absolute Gasteiger partial charge is 0.222 e. The highest BCUT2D eigenvalue weighted by Gasteiger charge is 2.40. The molecule has 1 heterocycles. The molecule has 1 aliphatic heterocycles. The Morgan fingerprint density at radius 2 is 1.18 bits per heavy atom. The Labute approximate surface area is 253 Å². The Hall–Kier alpha value is -5.49. The Kier molecular flexibility index (Phi) is 8.06. The highest BCUT2D eigenvalue weighted by Crippen LogP contribution is 2.40. The fourth-order valence-electron chi connectivity index (χ4n) is 4.92. The Balaban J connectivity index is 1.15. The number of ketones is 1. The van der Waals surface area contributed by atoms with E-state index < -0.39 is 11.6 Å². The van der Waals surface area contributed by atoms with Crippen LogP contribution in [0.3, 0.4) is 0 Å². The normalized spacial score (nSPS) is 13.6. The van der Waals surface area contributed by atoms with Gasteiger partial charge in [-0.05, 0) is 109 Å². The van der Waals surface area contributed by atoms with E-state index in [9.17, 15) is 14.4 Å². The summed E-state index contributed by atoms with van der Waals surface area (Å²) in [4.78, 5) is 12.8. The van der Waals surface area contributed by atoms with E-state index >= 15 is 0 Å². The summed E-state index contributed by atoms with van der Waals surface area (Å²) in [6, 6.07) is 34.2. The fourth-order valence-corrected chi connectivity index (χ4v) is 4.92. The summed E-state index contributed by atoms with van der Waals surface area (Å²) < 4.78 is 42.9. The second kappa shape index (κ2) is 12.4. The molecule has 0 aromatic heterocycles. The van der Waals surface area contributed by atoms with Crippen LogP contribution in [0, 0.1) is 17.1 Å². The first-order valence-corrected chi connectivity index (χ1v) is 13.8. The first-order chi connectivity index (χ1) is 21.5. The van der Waals surface area contributed by atoms with E-state index in [4.69, 9.17) is 23.7 Å². The molecule has 218 valence electrons. The molecule has 0 spiro atoms. The van der Waals surface area contributed by atoms with Crippen LogP contribution in [-0.2, 0) is 15.3 Å². The third-order valence-electron chi connectivity index (χ3n) is 7.16. The zero-order chi connectivity index (χ0) is 30.5. The number of carbonyl (C=O) groups excluding carboxylic acids is 1. The lowest BCUT2D eigenvalue weighted by atomic mass is 9.97. The van der Waals surface area contributed by atoms with Crippen LogP contribution in [0.25, 0.3) is 0 Å². The number of halogens is 1. The molecule has 8 heteroatoms. The van der Waals surface area contributed by atoms with E-state index in [0.29, 0.717) is 47.3 Å². The number of methoxy groups -OCH3 is 1. The maximum absolute atomic E-state index is 13.7. The van der Waals surface area contributed by atoms with Crippen LogP contribution in [0.1, 0.15) is 32.6 Å². The van der Waals surface area contributed by atoms with Gasteiger partial charge < -0.3 is 23.7 Å². The molecular weight excluding hydrogens is 561 g/mol. The van der Waals surface area contributed by atoms with E-state index in [1.807, 2.05) is 42.5 Å². The van der Waals surface area contributed by atoms with Crippen LogP contribution >= 0.6 is 0 Å². The summed E-state index contributed by atoms with van der Waals surface area (Å²) in [7, 11) is 1.58. The van der Waals surface area contributed by atoms with Gasteiger partial charge in [0.05, 0.1) is 25.9 Å². The summed E-state index contributed by atoms with van der Waals surface area (Å²) in [6.07, 6.45) is 0. The molecule has 1 aliphatic rings. The van der Waals surface area contributed by atoms with Crippen molar-refractivity contribution in [3.05, 3.63) is 149 Å². The molecule has 0 amide bonds. The number of rotatable bonds is 9. The standard InChI is InChI=1S/C36H26FNO6/c1-40-30-12-3-24(4-13-30)35(39)25-5-14-31(15-6-25)43-32-16-7-27(8-17-32)36(41-20-21-42-36)28-9-18-33(19-10-28)44-34-22-29(37)11-2-26(34)23-38/h2-19,22H,20-21H2,1H3. The number of benzene rings is 5. The van der Waals surface area contributed by atoms with Crippen molar-refractivity contribution in [1.29, 1.82) is 5.26 Å². The van der Waals surface area contributed by atoms with Crippen molar-refractivity contribution in [3.63, 3.8) is 0 Å². The average Bonchev–Trinajstić information content (AvgIpc) is 3.57. The molecule has 44 heavy (non-hydrogen) atoms. The van der Waals surface area contributed by atoms with Crippen LogP contribution < -0.4 is 14.2 Å². The first kappa shape index (κ1) is 28.6. The molecule has 1 fully saturated rings. The average molecular weight is 588 g/mol. The minimum atomic E-state index is -1.13. The largest absolute Gasteiger partial charge is 0.497 e. The van der Waals surface area contributed by atoms with Crippen LogP contribution in [-0.4, -0.2) is 26.1 Å². The number of carbonyl (C=O) groups is 1. The summed E-state index contributed by atoms with van der Waals surface area (Å²) in [5, 5.41) is 9.31. The number of ether oxygens (including phenoxy) is 5. The number of nitrogens with zero attached hydrogens (tertiary/aromatic N) is 1. The van der Waals surface area contributed by atoms with E-state index in [1.165, 1.54) is 18.2 Å². The highest BCUT2D eigenvalue weighted by molar-refractivity contribution is 6.09. The zero-order valence-corrected chi connectivity index (χ0v) is 23.7. The molecule has 0 N–H and O–H groups in total. The fraction of sp³-hybridized carbons (Fsp3) is 0.111. The van der Waals surface area contributed by atoms with E-state index in [-0.39, 0.29) is 17.1 Å². The summed E-state index contributed by atoms with van der Waals surface area (Å²) >= 11 is 0. The molecule has 0 unspecified atom stereocenters. The summed E-state index contributed by atoms with van der Waals surface area (Å²) in [5.74, 6) is 0.731. The molecule has 0 radical (unpaired) electrons. The Morgan fingerprint density at radius 3 is 1.68 bits per heavy atom. The maximum Gasteiger partial charge on any atom is 0.222 e. The minimum Gasteiger partial charge on any atom is -0.497 e. The Morgan fingerprint density at radius 1 is 0.705 bits per heavy atom. The van der Waals surface area contributed by atoms with Gasteiger partial charge in [0.1, 0.15) is 40.6 Å². The van der Waals surface area contributed by atoms with Gasteiger partial charge in [0.25, 0.3) is 0 Å². The van der Waals surface area contributed by atoms with Crippen molar-refractivity contribution in [2.45, 2.75) is 5.79 Å². The molecule has 0 bridgehead atoms. The highest BCUT2D eigenvalue weighted by atomic mass is 19.1. The van der Waals surface area contributed by atoms with Crippen molar-refractivity contribution in [3.8, 4) is 34.8 Å². The predicted octanol–water partition coefficient (Wildman–Crippen LogP) is 7.77. The predicted molar refractivity (Wildman–Crippen MR) is 160 cm³/mol. The Bertz CT molecular complexity index is 1810.